The Bertz CT molecular complexity index is 1240. The maximum absolute atomic E-state index is 12.8. The van der Waals surface area contributed by atoms with Gasteiger partial charge in [-0.15, -0.1) is 0 Å². The first-order valence-corrected chi connectivity index (χ1v) is 14.0. The Kier molecular flexibility index (Phi) is 8.63. The number of hydrogen-bond acceptors (Lipinski definition) is 6. The van der Waals surface area contributed by atoms with Crippen LogP contribution in [0, 0.1) is 0 Å². The highest BCUT2D eigenvalue weighted by Gasteiger charge is 2.22. The molecule has 1 fully saturated rings. The van der Waals surface area contributed by atoms with Gasteiger partial charge in [-0.2, -0.15) is 0 Å². The van der Waals surface area contributed by atoms with Crippen molar-refractivity contribution in [2.75, 3.05) is 44.6 Å². The van der Waals surface area contributed by atoms with Crippen molar-refractivity contribution in [1.29, 1.82) is 0 Å². The van der Waals surface area contributed by atoms with Gasteiger partial charge < -0.3 is 15.0 Å². The van der Waals surface area contributed by atoms with Gasteiger partial charge in [0.25, 0.3) is 5.91 Å². The molecule has 3 aromatic carbocycles. The van der Waals surface area contributed by atoms with Gasteiger partial charge in [0, 0.05) is 62.0 Å². The summed E-state index contributed by atoms with van der Waals surface area (Å²) in [5.41, 5.74) is 5.50. The summed E-state index contributed by atoms with van der Waals surface area (Å²) in [6.45, 7) is 8.00. The first-order valence-electron chi connectivity index (χ1n) is 13.2. The number of amides is 2. The van der Waals surface area contributed by atoms with Gasteiger partial charge in [-0.3, -0.25) is 9.69 Å². The van der Waals surface area contributed by atoms with Crippen LogP contribution in [0.15, 0.2) is 77.7 Å². The van der Waals surface area contributed by atoms with Crippen molar-refractivity contribution in [3.05, 3.63) is 95.1 Å². The predicted octanol–water partition coefficient (Wildman–Crippen LogP) is 5.28. The molecule has 0 atom stereocenters. The molecule has 0 aliphatic carbocycles. The van der Waals surface area contributed by atoms with Crippen LogP contribution in [0.1, 0.15) is 34.0 Å². The average Bonchev–Trinajstić information content (AvgIpc) is 2.95. The summed E-state index contributed by atoms with van der Waals surface area (Å²) in [6, 6.07) is 24.5. The Morgan fingerprint density at radius 3 is 2.29 bits per heavy atom. The molecule has 0 aromatic heterocycles. The summed E-state index contributed by atoms with van der Waals surface area (Å²) in [5.74, 6) is -0.112. The number of carbonyl (C=O) groups excluding carboxylic acids is 2. The number of anilines is 1. The number of nitrogens with zero attached hydrogens (tertiary/aromatic N) is 3. The van der Waals surface area contributed by atoms with Crippen molar-refractivity contribution in [3.63, 3.8) is 0 Å². The molecular formula is C30H34N4O3S. The van der Waals surface area contributed by atoms with Crippen molar-refractivity contribution < 1.29 is 14.3 Å². The number of benzene rings is 3. The molecule has 1 N–H and O–H groups in total. The highest BCUT2D eigenvalue weighted by Crippen LogP contribution is 2.26. The van der Waals surface area contributed by atoms with Gasteiger partial charge in [-0.05, 0) is 78.4 Å². The maximum atomic E-state index is 12.8. The Morgan fingerprint density at radius 2 is 1.58 bits per heavy atom. The van der Waals surface area contributed by atoms with Crippen LogP contribution in [0.2, 0.25) is 0 Å². The van der Waals surface area contributed by atoms with E-state index < -0.39 is 0 Å². The zero-order valence-corrected chi connectivity index (χ0v) is 22.6. The molecule has 0 radical (unpaired) electrons. The van der Waals surface area contributed by atoms with Crippen molar-refractivity contribution in [2.24, 2.45) is 0 Å². The summed E-state index contributed by atoms with van der Waals surface area (Å²) in [4.78, 5) is 30.0. The van der Waals surface area contributed by atoms with Gasteiger partial charge in [0.05, 0.1) is 6.61 Å². The SMILES string of the molecule is CCOC(=O)N1CCN(Sc2ccc(NC(=O)c3ccc(CN4CCc5ccccc5C4)cc3)cc2)CC1. The van der Waals surface area contributed by atoms with Gasteiger partial charge in [-0.1, -0.05) is 36.4 Å². The minimum absolute atomic E-state index is 0.112. The van der Waals surface area contributed by atoms with E-state index in [1.807, 2.05) is 43.3 Å². The van der Waals surface area contributed by atoms with Crippen LogP contribution in [0.3, 0.4) is 0 Å². The second-order valence-corrected chi connectivity index (χ2v) is 10.8. The Morgan fingerprint density at radius 1 is 0.868 bits per heavy atom. The van der Waals surface area contributed by atoms with Crippen LogP contribution in [-0.4, -0.2) is 65.4 Å². The first-order chi connectivity index (χ1) is 18.6. The van der Waals surface area contributed by atoms with E-state index in [9.17, 15) is 9.59 Å². The fourth-order valence-corrected chi connectivity index (χ4v) is 5.74. The maximum Gasteiger partial charge on any atom is 0.409 e. The van der Waals surface area contributed by atoms with Crippen LogP contribution >= 0.6 is 11.9 Å². The summed E-state index contributed by atoms with van der Waals surface area (Å²) in [7, 11) is 0. The number of rotatable bonds is 7. The highest BCUT2D eigenvalue weighted by atomic mass is 32.2. The molecule has 0 saturated carbocycles. The third-order valence-electron chi connectivity index (χ3n) is 6.94. The molecule has 1 saturated heterocycles. The molecule has 3 aromatic rings. The Hall–Kier alpha value is -3.33. The standard InChI is InChI=1S/C30H34N4O3S/c1-2-37-30(36)33-17-19-34(20-18-33)38-28-13-11-27(12-14-28)31-29(35)25-9-7-23(8-10-25)21-32-16-15-24-5-3-4-6-26(24)22-32/h3-14H,2,15-22H2,1H3,(H,31,35). The quantitative estimate of drug-likeness (QED) is 0.420. The lowest BCUT2D eigenvalue weighted by Gasteiger charge is -2.33. The Labute approximate surface area is 228 Å². The van der Waals surface area contributed by atoms with Crippen LogP contribution in [0.25, 0.3) is 0 Å². The van der Waals surface area contributed by atoms with E-state index in [0.717, 1.165) is 49.7 Å². The number of piperazine rings is 1. The average molecular weight is 531 g/mol. The fraction of sp³-hybridized carbons (Fsp3) is 0.333. The summed E-state index contributed by atoms with van der Waals surface area (Å²) in [5, 5.41) is 3.00. The van der Waals surface area contributed by atoms with Crippen LogP contribution in [0.5, 0.6) is 0 Å². The third-order valence-corrected chi connectivity index (χ3v) is 8.05. The molecule has 198 valence electrons. The largest absolute Gasteiger partial charge is 0.450 e. The molecule has 38 heavy (non-hydrogen) atoms. The smallest absolute Gasteiger partial charge is 0.409 e. The second-order valence-electron chi connectivity index (χ2n) is 9.61. The summed E-state index contributed by atoms with van der Waals surface area (Å²) in [6.07, 6.45) is 0.847. The van der Waals surface area contributed by atoms with Crippen LogP contribution in [-0.2, 0) is 24.2 Å². The van der Waals surface area contributed by atoms with Gasteiger partial charge in [0.1, 0.15) is 0 Å². The highest BCUT2D eigenvalue weighted by molar-refractivity contribution is 7.97. The van der Waals surface area contributed by atoms with Crippen molar-refractivity contribution in [1.82, 2.24) is 14.1 Å². The molecule has 2 amide bonds. The van der Waals surface area contributed by atoms with Crippen molar-refractivity contribution in [3.8, 4) is 0 Å². The van der Waals surface area contributed by atoms with E-state index in [1.54, 1.807) is 16.8 Å². The zero-order valence-electron chi connectivity index (χ0n) is 21.8. The van der Waals surface area contributed by atoms with E-state index >= 15 is 0 Å². The predicted molar refractivity (Wildman–Crippen MR) is 151 cm³/mol. The Balaban J connectivity index is 1.08. The molecule has 8 heteroatoms. The first kappa shape index (κ1) is 26.3. The topological polar surface area (TPSA) is 65.1 Å². The number of carbonyl (C=O) groups is 2. The molecule has 7 nitrogen and oxygen atoms in total. The minimum Gasteiger partial charge on any atom is -0.450 e. The number of fused-ring (bicyclic) bond motifs is 1. The molecule has 0 unspecified atom stereocenters. The van der Waals surface area contributed by atoms with Crippen LogP contribution in [0.4, 0.5) is 10.5 Å². The lowest BCUT2D eigenvalue weighted by molar-refractivity contribution is 0.0947. The van der Waals surface area contributed by atoms with E-state index in [0.29, 0.717) is 25.3 Å². The lowest BCUT2D eigenvalue weighted by atomic mass is 9.99. The molecule has 2 aliphatic heterocycles. The number of ether oxygens (including phenoxy) is 1. The minimum atomic E-state index is -0.236. The van der Waals surface area contributed by atoms with Gasteiger partial charge in [0.15, 0.2) is 0 Å². The summed E-state index contributed by atoms with van der Waals surface area (Å²) < 4.78 is 7.33. The van der Waals surface area contributed by atoms with E-state index in [1.165, 1.54) is 16.7 Å². The van der Waals surface area contributed by atoms with Crippen LogP contribution < -0.4 is 5.32 Å². The zero-order chi connectivity index (χ0) is 26.3. The van der Waals surface area contributed by atoms with E-state index in [4.69, 9.17) is 4.74 Å². The molecule has 5 rings (SSSR count). The molecule has 2 aliphatic rings. The van der Waals surface area contributed by atoms with E-state index in [2.05, 4.69) is 50.9 Å². The molecule has 2 heterocycles. The normalized spacial score (nSPS) is 16.1. The van der Waals surface area contributed by atoms with E-state index in [-0.39, 0.29) is 12.0 Å². The van der Waals surface area contributed by atoms with Gasteiger partial charge in [0.2, 0.25) is 0 Å². The lowest BCUT2D eigenvalue weighted by Crippen LogP contribution is -2.46. The fourth-order valence-electron chi connectivity index (χ4n) is 4.84. The van der Waals surface area contributed by atoms with Gasteiger partial charge in [-0.25, -0.2) is 9.10 Å². The molecule has 0 bridgehead atoms. The number of nitrogens with one attached hydrogen (secondary N) is 1. The monoisotopic (exact) mass is 530 g/mol. The van der Waals surface area contributed by atoms with Crippen molar-refractivity contribution >= 4 is 29.6 Å². The van der Waals surface area contributed by atoms with Crippen molar-refractivity contribution in [2.45, 2.75) is 31.3 Å². The second kappa shape index (κ2) is 12.5. The molecule has 0 spiro atoms. The number of hydrogen-bond donors (Lipinski definition) is 1. The molecular weight excluding hydrogens is 496 g/mol. The third kappa shape index (κ3) is 6.75. The van der Waals surface area contributed by atoms with Gasteiger partial charge >= 0.3 is 6.09 Å². The summed E-state index contributed by atoms with van der Waals surface area (Å²) >= 11 is 1.67.